The number of hydrogen-bond acceptors (Lipinski definition) is 5. The lowest BCUT2D eigenvalue weighted by molar-refractivity contribution is -0.146. The molecule has 2 unspecified atom stereocenters. The maximum atomic E-state index is 13.6. The Balaban J connectivity index is 1.51. The van der Waals surface area contributed by atoms with Gasteiger partial charge in [0.05, 0.1) is 11.5 Å². The van der Waals surface area contributed by atoms with Gasteiger partial charge < -0.3 is 14.5 Å². The van der Waals surface area contributed by atoms with Gasteiger partial charge in [-0.1, -0.05) is 36.8 Å². The number of ether oxygens (including phenoxy) is 1. The lowest BCUT2D eigenvalue weighted by Crippen LogP contribution is -2.36. The van der Waals surface area contributed by atoms with Crippen molar-refractivity contribution >= 4 is 11.8 Å². The number of allylic oxidation sites excluding steroid dienone is 3. The standard InChI is InChI=1S/C28H31NO4/c1-17-13-14-24(32-17)27-25(28(31)33-21-11-7-4-8-12-21)18(2)29-22-15-20(16-23(30)26(22)27)19-9-5-3-6-10-19/h3,5-6,9-10,13-14,20-21,27,29H,4,7-8,11-12,15-16H2,1-2H3. The Kier molecular flexibility index (Phi) is 5.96. The fraction of sp³-hybridized carbons (Fsp3) is 0.429. The van der Waals surface area contributed by atoms with E-state index in [9.17, 15) is 9.59 Å². The zero-order valence-corrected chi connectivity index (χ0v) is 19.4. The predicted molar refractivity (Wildman–Crippen MR) is 125 cm³/mol. The monoisotopic (exact) mass is 445 g/mol. The van der Waals surface area contributed by atoms with Crippen molar-refractivity contribution in [1.29, 1.82) is 0 Å². The maximum Gasteiger partial charge on any atom is 0.337 e. The van der Waals surface area contributed by atoms with Gasteiger partial charge in [0.2, 0.25) is 0 Å². The number of furan rings is 1. The number of benzene rings is 1. The zero-order chi connectivity index (χ0) is 22.9. The van der Waals surface area contributed by atoms with Crippen LogP contribution < -0.4 is 5.32 Å². The summed E-state index contributed by atoms with van der Waals surface area (Å²) in [5, 5.41) is 3.42. The Morgan fingerprint density at radius 2 is 1.76 bits per heavy atom. The quantitative estimate of drug-likeness (QED) is 0.600. The number of rotatable bonds is 4. The van der Waals surface area contributed by atoms with Gasteiger partial charge in [-0.3, -0.25) is 4.79 Å². The first-order valence-electron chi connectivity index (χ1n) is 12.1. The van der Waals surface area contributed by atoms with Crippen LogP contribution in [0.3, 0.4) is 0 Å². The van der Waals surface area contributed by atoms with Gasteiger partial charge in [0.1, 0.15) is 17.6 Å². The van der Waals surface area contributed by atoms with Gasteiger partial charge in [-0.2, -0.15) is 0 Å². The van der Waals surface area contributed by atoms with Crippen molar-refractivity contribution < 1.29 is 18.7 Å². The van der Waals surface area contributed by atoms with Crippen LogP contribution in [0.25, 0.3) is 0 Å². The molecule has 1 fully saturated rings. The number of nitrogens with one attached hydrogen (secondary N) is 1. The minimum atomic E-state index is -0.532. The Hall–Kier alpha value is -3.08. The molecule has 1 aromatic heterocycles. The van der Waals surface area contributed by atoms with Gasteiger partial charge in [0.15, 0.2) is 5.78 Å². The van der Waals surface area contributed by atoms with Crippen LogP contribution in [0, 0.1) is 6.92 Å². The molecule has 5 heteroatoms. The molecule has 0 bridgehead atoms. The summed E-state index contributed by atoms with van der Waals surface area (Å²) in [5.41, 5.74) is 3.95. The Labute approximate surface area is 194 Å². The second kappa shape index (κ2) is 9.05. The molecule has 2 aliphatic carbocycles. The molecule has 5 nitrogen and oxygen atoms in total. The second-order valence-corrected chi connectivity index (χ2v) is 9.54. The molecular formula is C28H31NO4. The highest BCUT2D eigenvalue weighted by Crippen LogP contribution is 2.46. The molecule has 172 valence electrons. The summed E-state index contributed by atoms with van der Waals surface area (Å²) < 4.78 is 11.9. The Morgan fingerprint density at radius 1 is 1.00 bits per heavy atom. The fourth-order valence-corrected chi connectivity index (χ4v) is 5.56. The summed E-state index contributed by atoms with van der Waals surface area (Å²) in [6.07, 6.45) is 6.27. The molecule has 0 amide bonds. The summed E-state index contributed by atoms with van der Waals surface area (Å²) in [6.45, 7) is 3.78. The van der Waals surface area contributed by atoms with E-state index in [-0.39, 0.29) is 23.8 Å². The van der Waals surface area contributed by atoms with Gasteiger partial charge in [0, 0.05) is 23.4 Å². The van der Waals surface area contributed by atoms with Gasteiger partial charge in [-0.25, -0.2) is 4.79 Å². The highest BCUT2D eigenvalue weighted by Gasteiger charge is 2.43. The fourth-order valence-electron chi connectivity index (χ4n) is 5.56. The molecule has 1 aromatic carbocycles. The van der Waals surface area contributed by atoms with Crippen molar-refractivity contribution in [1.82, 2.24) is 5.32 Å². The van der Waals surface area contributed by atoms with E-state index in [2.05, 4.69) is 17.4 Å². The highest BCUT2D eigenvalue weighted by molar-refractivity contribution is 6.04. The normalized spacial score (nSPS) is 23.9. The van der Waals surface area contributed by atoms with E-state index >= 15 is 0 Å². The van der Waals surface area contributed by atoms with E-state index in [0.717, 1.165) is 54.8 Å². The summed E-state index contributed by atoms with van der Waals surface area (Å²) in [4.78, 5) is 27.0. The van der Waals surface area contributed by atoms with Crippen molar-refractivity contribution in [2.24, 2.45) is 0 Å². The molecule has 1 N–H and O–H groups in total. The van der Waals surface area contributed by atoms with Crippen LogP contribution in [0.4, 0.5) is 0 Å². The number of ketones is 1. The molecule has 0 saturated heterocycles. The molecule has 0 spiro atoms. The van der Waals surface area contributed by atoms with Gasteiger partial charge >= 0.3 is 5.97 Å². The van der Waals surface area contributed by atoms with Gasteiger partial charge in [-0.15, -0.1) is 0 Å². The summed E-state index contributed by atoms with van der Waals surface area (Å²) in [7, 11) is 0. The first-order valence-corrected chi connectivity index (χ1v) is 12.1. The number of carbonyl (C=O) groups excluding carboxylic acids is 2. The molecule has 2 atom stereocenters. The van der Waals surface area contributed by atoms with Crippen molar-refractivity contribution in [2.45, 2.75) is 76.7 Å². The largest absolute Gasteiger partial charge is 0.465 e. The summed E-state index contributed by atoms with van der Waals surface area (Å²) in [6, 6.07) is 13.9. The lowest BCUT2D eigenvalue weighted by atomic mass is 9.73. The topological polar surface area (TPSA) is 68.5 Å². The number of dihydropyridines is 1. The molecule has 1 saturated carbocycles. The molecule has 5 rings (SSSR count). The number of aryl methyl sites for hydroxylation is 1. The third-order valence-corrected chi connectivity index (χ3v) is 7.19. The molecule has 33 heavy (non-hydrogen) atoms. The van der Waals surface area contributed by atoms with Crippen LogP contribution in [0.2, 0.25) is 0 Å². The van der Waals surface area contributed by atoms with E-state index in [1.54, 1.807) is 0 Å². The molecule has 2 heterocycles. The van der Waals surface area contributed by atoms with Gasteiger partial charge in [-0.05, 0) is 69.6 Å². The third-order valence-electron chi connectivity index (χ3n) is 7.19. The predicted octanol–water partition coefficient (Wildman–Crippen LogP) is 5.83. The highest BCUT2D eigenvalue weighted by atomic mass is 16.5. The summed E-state index contributed by atoms with van der Waals surface area (Å²) in [5.74, 6) is 0.696. The lowest BCUT2D eigenvalue weighted by Gasteiger charge is -2.36. The molecule has 3 aliphatic rings. The molecule has 0 radical (unpaired) electrons. The van der Waals surface area contributed by atoms with Crippen LogP contribution >= 0.6 is 0 Å². The zero-order valence-electron chi connectivity index (χ0n) is 19.4. The number of Topliss-reactive ketones (excluding diaryl/α,β-unsaturated/α-hetero) is 1. The van der Waals surface area contributed by atoms with Crippen LogP contribution in [-0.4, -0.2) is 17.9 Å². The van der Waals surface area contributed by atoms with E-state index in [0.29, 0.717) is 23.3 Å². The van der Waals surface area contributed by atoms with E-state index < -0.39 is 5.92 Å². The van der Waals surface area contributed by atoms with E-state index in [4.69, 9.17) is 9.15 Å². The average Bonchev–Trinajstić information content (AvgIpc) is 3.25. The average molecular weight is 446 g/mol. The van der Waals surface area contributed by atoms with Gasteiger partial charge in [0.25, 0.3) is 0 Å². The van der Waals surface area contributed by atoms with Crippen LogP contribution in [0.5, 0.6) is 0 Å². The van der Waals surface area contributed by atoms with Crippen molar-refractivity contribution in [3.05, 3.63) is 82.1 Å². The van der Waals surface area contributed by atoms with Crippen LogP contribution in [0.15, 0.2) is 69.4 Å². The van der Waals surface area contributed by atoms with Crippen LogP contribution in [-0.2, 0) is 14.3 Å². The SMILES string of the molecule is CC1=C(C(=O)OC2CCCCC2)C(c2ccc(C)o2)C2=C(CC(c3ccccc3)CC2=O)N1. The number of hydrogen-bond donors (Lipinski definition) is 1. The van der Waals surface area contributed by atoms with E-state index in [1.165, 1.54) is 6.42 Å². The molecule has 2 aromatic rings. The summed E-state index contributed by atoms with van der Waals surface area (Å²) >= 11 is 0. The minimum Gasteiger partial charge on any atom is -0.465 e. The smallest absolute Gasteiger partial charge is 0.337 e. The Bertz CT molecular complexity index is 1120. The number of carbonyl (C=O) groups is 2. The molecular weight excluding hydrogens is 414 g/mol. The van der Waals surface area contributed by atoms with E-state index in [1.807, 2.05) is 44.2 Å². The van der Waals surface area contributed by atoms with Crippen LogP contribution in [0.1, 0.15) is 80.8 Å². The first kappa shape index (κ1) is 21.7. The van der Waals surface area contributed by atoms with Crippen molar-refractivity contribution in [3.8, 4) is 0 Å². The minimum absolute atomic E-state index is 0.0505. The maximum absolute atomic E-state index is 13.6. The number of esters is 1. The second-order valence-electron chi connectivity index (χ2n) is 9.54. The Morgan fingerprint density at radius 3 is 2.45 bits per heavy atom. The first-order chi connectivity index (χ1) is 16.0. The molecule has 1 aliphatic heterocycles. The van der Waals surface area contributed by atoms with Crippen molar-refractivity contribution in [2.75, 3.05) is 0 Å². The van der Waals surface area contributed by atoms with Crippen molar-refractivity contribution in [3.63, 3.8) is 0 Å². The third kappa shape index (κ3) is 4.29.